The van der Waals surface area contributed by atoms with Crippen LogP contribution < -0.4 is 11.1 Å². The number of ether oxygens (including phenoxy) is 3. The highest BCUT2D eigenvalue weighted by Gasteiger charge is 2.61. The van der Waals surface area contributed by atoms with Crippen molar-refractivity contribution in [3.05, 3.63) is 12.7 Å². The van der Waals surface area contributed by atoms with Crippen LogP contribution in [-0.2, 0) is 23.8 Å². The molecule has 2 saturated carbocycles. The Kier molecular flexibility index (Phi) is 8.99. The number of carbonyl (C=O) groups excluding carboxylic acids is 3. The van der Waals surface area contributed by atoms with Crippen molar-refractivity contribution >= 4 is 30.4 Å². The van der Waals surface area contributed by atoms with Gasteiger partial charge in [0.25, 0.3) is 0 Å². The van der Waals surface area contributed by atoms with Crippen LogP contribution in [0.4, 0.5) is 4.79 Å². The minimum absolute atomic E-state index is 0. The Balaban J connectivity index is 0.000000567. The van der Waals surface area contributed by atoms with Crippen LogP contribution in [0.2, 0.25) is 0 Å². The van der Waals surface area contributed by atoms with Crippen molar-refractivity contribution in [2.75, 3.05) is 14.2 Å². The van der Waals surface area contributed by atoms with E-state index in [1.54, 1.807) is 26.8 Å². The van der Waals surface area contributed by atoms with Crippen molar-refractivity contribution < 1.29 is 28.6 Å². The molecule has 0 saturated heterocycles. The Bertz CT molecular complexity index is 606. The fourth-order valence-electron chi connectivity index (χ4n) is 2.97. The minimum Gasteiger partial charge on any atom is -0.468 e. The second-order valence-electron chi connectivity index (χ2n) is 7.98. The zero-order valence-electron chi connectivity index (χ0n) is 17.5. The molecule has 3 N–H and O–H groups in total. The van der Waals surface area contributed by atoms with Gasteiger partial charge in [-0.3, -0.25) is 4.79 Å². The maximum Gasteiger partial charge on any atom is 0.408 e. The third-order valence-corrected chi connectivity index (χ3v) is 4.78. The second kappa shape index (κ2) is 9.60. The van der Waals surface area contributed by atoms with E-state index in [-0.39, 0.29) is 24.3 Å². The van der Waals surface area contributed by atoms with Crippen LogP contribution >= 0.6 is 12.4 Å². The predicted octanol–water partition coefficient (Wildman–Crippen LogP) is 2.34. The highest BCUT2D eigenvalue weighted by atomic mass is 35.5. The molecule has 0 aromatic rings. The smallest absolute Gasteiger partial charge is 0.408 e. The monoisotopic (exact) mass is 420 g/mol. The number of hydrogen-bond donors (Lipinski definition) is 2. The van der Waals surface area contributed by atoms with Crippen molar-refractivity contribution in [1.82, 2.24) is 5.32 Å². The van der Waals surface area contributed by atoms with E-state index in [0.717, 1.165) is 12.8 Å². The van der Waals surface area contributed by atoms with Gasteiger partial charge in [0.2, 0.25) is 0 Å². The van der Waals surface area contributed by atoms with Gasteiger partial charge in [-0.1, -0.05) is 19.4 Å². The van der Waals surface area contributed by atoms with E-state index in [0.29, 0.717) is 12.3 Å². The van der Waals surface area contributed by atoms with Gasteiger partial charge in [0.1, 0.15) is 16.7 Å². The molecule has 4 atom stereocenters. The Morgan fingerprint density at radius 2 is 1.71 bits per heavy atom. The number of hydrogen-bond acceptors (Lipinski definition) is 7. The molecule has 0 radical (unpaired) electrons. The SMILES string of the molecule is C=C[C@@H]1CC1(NC(=O)OC(C)(C)C)C(=O)OC.CC[C@@H]1CC1(N)C(=O)OC.Cl. The Morgan fingerprint density at radius 1 is 1.18 bits per heavy atom. The zero-order valence-corrected chi connectivity index (χ0v) is 18.3. The van der Waals surface area contributed by atoms with Crippen molar-refractivity contribution in [3.63, 3.8) is 0 Å². The first-order chi connectivity index (χ1) is 12.4. The molecule has 0 bridgehead atoms. The molecule has 162 valence electrons. The lowest BCUT2D eigenvalue weighted by molar-refractivity contribution is -0.145. The van der Waals surface area contributed by atoms with E-state index in [2.05, 4.69) is 21.4 Å². The first-order valence-corrected chi connectivity index (χ1v) is 8.99. The number of methoxy groups -OCH3 is 2. The molecule has 0 aromatic heterocycles. The van der Waals surface area contributed by atoms with Crippen molar-refractivity contribution in [2.45, 2.75) is 63.6 Å². The fraction of sp³-hybridized carbons (Fsp3) is 0.737. The lowest BCUT2D eigenvalue weighted by atomic mass is 10.2. The number of esters is 2. The summed E-state index contributed by atoms with van der Waals surface area (Å²) >= 11 is 0. The van der Waals surface area contributed by atoms with Crippen LogP contribution in [0.5, 0.6) is 0 Å². The van der Waals surface area contributed by atoms with Crippen LogP contribution in [0, 0.1) is 11.8 Å². The number of carbonyl (C=O) groups is 3. The van der Waals surface area contributed by atoms with Crippen molar-refractivity contribution in [2.24, 2.45) is 17.6 Å². The molecule has 0 aromatic carbocycles. The standard InChI is InChI=1S/C12H19NO4.C7H13NO2.ClH/c1-6-8-7-12(8,9(14)16-5)13-10(15)17-11(2,3)4;1-3-5-4-7(5,8)6(9)10-2;/h6,8H,1,7H2,2-5H3,(H,13,15);5H,3-4,8H2,1-2H3;1H/t8-,12?;5-,7?;/m11./s1. The van der Waals surface area contributed by atoms with Crippen LogP contribution in [-0.4, -0.2) is 48.9 Å². The second-order valence-corrected chi connectivity index (χ2v) is 7.98. The van der Waals surface area contributed by atoms with E-state index < -0.39 is 28.7 Å². The van der Waals surface area contributed by atoms with Crippen LogP contribution in [0.3, 0.4) is 0 Å². The molecule has 2 fully saturated rings. The van der Waals surface area contributed by atoms with Gasteiger partial charge in [-0.25, -0.2) is 9.59 Å². The van der Waals surface area contributed by atoms with Gasteiger partial charge in [0.15, 0.2) is 0 Å². The molecule has 9 heteroatoms. The lowest BCUT2D eigenvalue weighted by Gasteiger charge is -2.22. The normalized spacial score (nSPS) is 29.7. The summed E-state index contributed by atoms with van der Waals surface area (Å²) in [5, 5.41) is 2.57. The number of alkyl carbamates (subject to hydrolysis) is 1. The summed E-state index contributed by atoms with van der Waals surface area (Å²) in [7, 11) is 2.67. The summed E-state index contributed by atoms with van der Waals surface area (Å²) in [5.41, 5.74) is 3.46. The largest absolute Gasteiger partial charge is 0.468 e. The van der Waals surface area contributed by atoms with Gasteiger partial charge in [-0.05, 0) is 39.5 Å². The first-order valence-electron chi connectivity index (χ1n) is 8.99. The number of nitrogens with one attached hydrogen (secondary N) is 1. The molecule has 2 unspecified atom stereocenters. The number of rotatable bonds is 5. The van der Waals surface area contributed by atoms with Gasteiger partial charge in [-0.15, -0.1) is 19.0 Å². The molecule has 0 spiro atoms. The predicted molar refractivity (Wildman–Crippen MR) is 107 cm³/mol. The third-order valence-electron chi connectivity index (χ3n) is 4.78. The minimum atomic E-state index is -0.987. The quantitative estimate of drug-likeness (QED) is 0.398. The molecule has 0 heterocycles. The molecule has 8 nitrogen and oxygen atoms in total. The van der Waals surface area contributed by atoms with Gasteiger partial charge >= 0.3 is 18.0 Å². The summed E-state index contributed by atoms with van der Waals surface area (Å²) in [4.78, 5) is 34.2. The summed E-state index contributed by atoms with van der Waals surface area (Å²) in [6.45, 7) is 10.9. The van der Waals surface area contributed by atoms with Gasteiger partial charge < -0.3 is 25.3 Å². The van der Waals surface area contributed by atoms with Gasteiger partial charge in [-0.2, -0.15) is 0 Å². The van der Waals surface area contributed by atoms with Crippen molar-refractivity contribution in [1.29, 1.82) is 0 Å². The van der Waals surface area contributed by atoms with E-state index in [4.69, 9.17) is 10.5 Å². The van der Waals surface area contributed by atoms with Gasteiger partial charge in [0, 0.05) is 5.92 Å². The van der Waals surface area contributed by atoms with E-state index in [1.807, 2.05) is 6.92 Å². The molecule has 1 amide bonds. The molecular weight excluding hydrogens is 388 g/mol. The Hall–Kier alpha value is -1.80. The number of amides is 1. The molecule has 28 heavy (non-hydrogen) atoms. The Labute approximate surface area is 172 Å². The maximum absolute atomic E-state index is 11.6. The van der Waals surface area contributed by atoms with E-state index in [9.17, 15) is 14.4 Å². The number of nitrogens with two attached hydrogens (primary N) is 1. The molecule has 2 aliphatic rings. The molecule has 2 aliphatic carbocycles. The van der Waals surface area contributed by atoms with E-state index in [1.165, 1.54) is 14.2 Å². The van der Waals surface area contributed by atoms with Crippen molar-refractivity contribution in [3.8, 4) is 0 Å². The van der Waals surface area contributed by atoms with Gasteiger partial charge in [0.05, 0.1) is 14.2 Å². The molecule has 2 rings (SSSR count). The maximum atomic E-state index is 11.6. The van der Waals surface area contributed by atoms with Crippen LogP contribution in [0.1, 0.15) is 47.0 Å². The molecule has 0 aliphatic heterocycles. The van der Waals surface area contributed by atoms with Crippen LogP contribution in [0.25, 0.3) is 0 Å². The lowest BCUT2D eigenvalue weighted by Crippen LogP contribution is -2.47. The zero-order chi connectivity index (χ0) is 21.0. The number of halogens is 1. The summed E-state index contributed by atoms with van der Waals surface area (Å²) < 4.78 is 14.3. The topological polar surface area (TPSA) is 117 Å². The Morgan fingerprint density at radius 3 is 2.04 bits per heavy atom. The average molecular weight is 421 g/mol. The summed E-state index contributed by atoms with van der Waals surface area (Å²) in [6, 6.07) is 0. The molecular formula is C19H33ClN2O6. The van der Waals surface area contributed by atoms with E-state index >= 15 is 0 Å². The van der Waals surface area contributed by atoms with Crippen LogP contribution in [0.15, 0.2) is 12.7 Å². The summed E-state index contributed by atoms with van der Waals surface area (Å²) in [6.07, 6.45) is 3.27. The third kappa shape index (κ3) is 6.10. The highest BCUT2D eigenvalue weighted by molar-refractivity contribution is 5.90. The first kappa shape index (κ1) is 26.2. The summed E-state index contributed by atoms with van der Waals surface area (Å²) in [5.74, 6) is -0.477. The fourth-order valence-corrected chi connectivity index (χ4v) is 2.97. The average Bonchev–Trinajstić information content (AvgIpc) is 3.47. The highest BCUT2D eigenvalue weighted by Crippen LogP contribution is 2.45.